The van der Waals surface area contributed by atoms with E-state index in [9.17, 15) is 8.42 Å². The molecule has 0 unspecified atom stereocenters. The van der Waals surface area contributed by atoms with Crippen LogP contribution in [0.5, 0.6) is 5.75 Å². The molecule has 3 rings (SSSR count). The van der Waals surface area contributed by atoms with Crippen molar-refractivity contribution in [2.24, 2.45) is 0 Å². The third-order valence-electron chi connectivity index (χ3n) is 4.36. The molecule has 0 amide bonds. The summed E-state index contributed by atoms with van der Waals surface area (Å²) in [5.41, 5.74) is 1.32. The summed E-state index contributed by atoms with van der Waals surface area (Å²) in [5.74, 6) is 0.634. The first-order valence-corrected chi connectivity index (χ1v) is 11.8. The number of ether oxygens (including phenoxy) is 1. The third-order valence-corrected chi connectivity index (χ3v) is 7.24. The zero-order chi connectivity index (χ0) is 20.9. The van der Waals surface area contributed by atoms with E-state index in [-0.39, 0.29) is 12.4 Å². The van der Waals surface area contributed by atoms with Crippen molar-refractivity contribution >= 4 is 44.6 Å². The Balaban J connectivity index is 1.75. The fourth-order valence-electron chi connectivity index (χ4n) is 2.98. The Morgan fingerprint density at radius 3 is 1.55 bits per heavy atom. The summed E-state index contributed by atoms with van der Waals surface area (Å²) in [6.07, 6.45) is 0.364. The number of halogens is 3. The second kappa shape index (κ2) is 9.86. The zero-order valence-corrected chi connectivity index (χ0v) is 18.5. The van der Waals surface area contributed by atoms with Crippen LogP contribution in [0, 0.1) is 0 Å². The summed E-state index contributed by atoms with van der Waals surface area (Å²) in [5, 5.41) is 0.927. The SMILES string of the molecule is O=S(=O)(CCCOc1ccc(Cl)cc1)C(c1ccc(Cl)cc1)c1ccc(Cl)cc1. The van der Waals surface area contributed by atoms with E-state index in [0.29, 0.717) is 38.4 Å². The van der Waals surface area contributed by atoms with E-state index < -0.39 is 15.1 Å². The lowest BCUT2D eigenvalue weighted by Gasteiger charge is -2.19. The van der Waals surface area contributed by atoms with E-state index in [2.05, 4.69) is 0 Å². The average Bonchev–Trinajstić information content (AvgIpc) is 2.70. The van der Waals surface area contributed by atoms with E-state index in [1.54, 1.807) is 72.8 Å². The second-order valence-corrected chi connectivity index (χ2v) is 10.0. The normalized spacial score (nSPS) is 11.6. The Bertz CT molecular complexity index is 987. The van der Waals surface area contributed by atoms with Gasteiger partial charge < -0.3 is 4.74 Å². The maximum atomic E-state index is 13.2. The van der Waals surface area contributed by atoms with Gasteiger partial charge in [0, 0.05) is 15.1 Å². The van der Waals surface area contributed by atoms with Gasteiger partial charge in [0.15, 0.2) is 9.84 Å². The van der Waals surface area contributed by atoms with Crippen LogP contribution < -0.4 is 4.74 Å². The molecule has 0 bridgehead atoms. The number of hydrogen-bond acceptors (Lipinski definition) is 3. The van der Waals surface area contributed by atoms with E-state index >= 15 is 0 Å². The molecule has 0 aliphatic rings. The Labute approximate surface area is 186 Å². The Morgan fingerprint density at radius 2 is 1.10 bits per heavy atom. The van der Waals surface area contributed by atoms with Crippen molar-refractivity contribution < 1.29 is 13.2 Å². The lowest BCUT2D eigenvalue weighted by Crippen LogP contribution is -2.19. The highest BCUT2D eigenvalue weighted by atomic mass is 35.5. The standard InChI is InChI=1S/C22H19Cl3O3S/c23-18-6-2-16(3-7-18)22(17-4-8-19(24)9-5-17)29(26,27)15-1-14-28-21-12-10-20(25)11-13-21/h2-13,22H,1,14-15H2. The fraction of sp³-hybridized carbons (Fsp3) is 0.182. The summed E-state index contributed by atoms with van der Waals surface area (Å²) >= 11 is 17.8. The van der Waals surface area contributed by atoms with Crippen molar-refractivity contribution in [3.05, 3.63) is 99.0 Å². The van der Waals surface area contributed by atoms with Crippen LogP contribution in [-0.4, -0.2) is 20.8 Å². The fourth-order valence-corrected chi connectivity index (χ4v) is 5.26. The first kappa shape index (κ1) is 22.0. The van der Waals surface area contributed by atoms with Crippen LogP contribution in [0.2, 0.25) is 15.1 Å². The van der Waals surface area contributed by atoms with Gasteiger partial charge in [0.25, 0.3) is 0 Å². The minimum absolute atomic E-state index is 0.0174. The van der Waals surface area contributed by atoms with Crippen LogP contribution in [0.4, 0.5) is 0 Å². The van der Waals surface area contributed by atoms with E-state index in [1.165, 1.54) is 0 Å². The Morgan fingerprint density at radius 1 is 0.690 bits per heavy atom. The van der Waals surface area contributed by atoms with Crippen molar-refractivity contribution in [3.8, 4) is 5.75 Å². The maximum absolute atomic E-state index is 13.2. The van der Waals surface area contributed by atoms with Gasteiger partial charge in [-0.15, -0.1) is 0 Å². The summed E-state index contributed by atoms with van der Waals surface area (Å²) < 4.78 is 32.1. The highest BCUT2D eigenvalue weighted by molar-refractivity contribution is 7.91. The third kappa shape index (κ3) is 6.13. The Hall–Kier alpha value is -1.72. The molecule has 0 atom stereocenters. The van der Waals surface area contributed by atoms with Crippen molar-refractivity contribution in [2.75, 3.05) is 12.4 Å². The molecular formula is C22H19Cl3O3S. The quantitative estimate of drug-likeness (QED) is 0.348. The van der Waals surface area contributed by atoms with Crippen molar-refractivity contribution in [2.45, 2.75) is 11.7 Å². The molecule has 152 valence electrons. The van der Waals surface area contributed by atoms with Gasteiger partial charge in [0.1, 0.15) is 11.0 Å². The van der Waals surface area contributed by atoms with E-state index in [1.807, 2.05) is 0 Å². The zero-order valence-electron chi connectivity index (χ0n) is 15.4. The highest BCUT2D eigenvalue weighted by Gasteiger charge is 2.28. The number of hydrogen-bond donors (Lipinski definition) is 0. The molecule has 0 heterocycles. The molecule has 0 saturated carbocycles. The monoisotopic (exact) mass is 468 g/mol. The number of benzene rings is 3. The van der Waals surface area contributed by atoms with Gasteiger partial charge in [-0.3, -0.25) is 0 Å². The summed E-state index contributed by atoms with van der Waals surface area (Å²) in [6.45, 7) is 0.287. The van der Waals surface area contributed by atoms with Crippen molar-refractivity contribution in [1.82, 2.24) is 0 Å². The van der Waals surface area contributed by atoms with Gasteiger partial charge in [0.05, 0.1) is 12.4 Å². The molecule has 3 aromatic carbocycles. The molecule has 7 heteroatoms. The van der Waals surface area contributed by atoms with Gasteiger partial charge in [-0.25, -0.2) is 8.42 Å². The van der Waals surface area contributed by atoms with Gasteiger partial charge in [-0.2, -0.15) is 0 Å². The lowest BCUT2D eigenvalue weighted by atomic mass is 10.0. The van der Waals surface area contributed by atoms with Gasteiger partial charge >= 0.3 is 0 Å². The smallest absolute Gasteiger partial charge is 0.161 e. The van der Waals surface area contributed by atoms with Crippen LogP contribution in [0.3, 0.4) is 0 Å². The summed E-state index contributed by atoms with van der Waals surface area (Å²) in [7, 11) is -3.50. The average molecular weight is 470 g/mol. The Kier molecular flexibility index (Phi) is 7.47. The van der Waals surface area contributed by atoms with Crippen LogP contribution in [-0.2, 0) is 9.84 Å². The number of rotatable bonds is 8. The molecule has 0 spiro atoms. The van der Waals surface area contributed by atoms with E-state index in [0.717, 1.165) is 0 Å². The molecule has 29 heavy (non-hydrogen) atoms. The van der Waals surface area contributed by atoms with Gasteiger partial charge in [-0.05, 0) is 66.1 Å². The largest absolute Gasteiger partial charge is 0.494 e. The molecule has 0 saturated heterocycles. The minimum atomic E-state index is -3.50. The molecule has 0 aliphatic heterocycles. The molecule has 3 aromatic rings. The van der Waals surface area contributed by atoms with Gasteiger partial charge in [-0.1, -0.05) is 59.1 Å². The maximum Gasteiger partial charge on any atom is 0.161 e. The second-order valence-electron chi connectivity index (χ2n) is 6.51. The van der Waals surface area contributed by atoms with Gasteiger partial charge in [0.2, 0.25) is 0 Å². The minimum Gasteiger partial charge on any atom is -0.494 e. The lowest BCUT2D eigenvalue weighted by molar-refractivity contribution is 0.317. The molecule has 0 aliphatic carbocycles. The van der Waals surface area contributed by atoms with Crippen LogP contribution in [0.25, 0.3) is 0 Å². The van der Waals surface area contributed by atoms with Crippen LogP contribution in [0.1, 0.15) is 22.8 Å². The molecule has 0 N–H and O–H groups in total. The first-order chi connectivity index (χ1) is 13.8. The van der Waals surface area contributed by atoms with E-state index in [4.69, 9.17) is 39.5 Å². The molecule has 0 aromatic heterocycles. The molecule has 0 fully saturated rings. The van der Waals surface area contributed by atoms with Crippen molar-refractivity contribution in [1.29, 1.82) is 0 Å². The molecular weight excluding hydrogens is 451 g/mol. The highest BCUT2D eigenvalue weighted by Crippen LogP contribution is 2.32. The predicted molar refractivity (Wildman–Crippen MR) is 120 cm³/mol. The predicted octanol–water partition coefficient (Wildman–Crippen LogP) is 6.62. The summed E-state index contributed by atoms with van der Waals surface area (Å²) in [4.78, 5) is 0. The molecule has 3 nitrogen and oxygen atoms in total. The van der Waals surface area contributed by atoms with Crippen LogP contribution >= 0.6 is 34.8 Å². The summed E-state index contributed by atoms with van der Waals surface area (Å²) in [6, 6.07) is 20.7. The van der Waals surface area contributed by atoms with Crippen molar-refractivity contribution in [3.63, 3.8) is 0 Å². The topological polar surface area (TPSA) is 43.4 Å². The first-order valence-electron chi connectivity index (χ1n) is 8.96. The number of sulfone groups is 1. The van der Waals surface area contributed by atoms with Crippen LogP contribution in [0.15, 0.2) is 72.8 Å². The molecule has 0 radical (unpaired) electrons.